The zero-order valence-corrected chi connectivity index (χ0v) is 16.3. The zero-order valence-electron chi connectivity index (χ0n) is 16.3. The molecular weight excluding hydrogens is 380 g/mol. The van der Waals surface area contributed by atoms with Gasteiger partial charge in [-0.3, -0.25) is 9.36 Å². The fraction of sp³-hybridized carbons (Fsp3) is 0.500. The van der Waals surface area contributed by atoms with Gasteiger partial charge in [0.15, 0.2) is 12.0 Å². The van der Waals surface area contributed by atoms with Gasteiger partial charge in [-0.25, -0.2) is 9.36 Å². The molecule has 4 rings (SSSR count). The molecule has 3 heterocycles. The van der Waals surface area contributed by atoms with Crippen LogP contribution in [0.5, 0.6) is 0 Å². The summed E-state index contributed by atoms with van der Waals surface area (Å²) in [5, 5.41) is 9.62. The van der Waals surface area contributed by atoms with Gasteiger partial charge in [-0.15, -0.1) is 0 Å². The van der Waals surface area contributed by atoms with Crippen molar-refractivity contribution in [3.8, 4) is 0 Å². The lowest BCUT2D eigenvalue weighted by atomic mass is 10.1. The van der Waals surface area contributed by atoms with Crippen molar-refractivity contribution in [1.82, 2.24) is 9.13 Å². The molecule has 4 unspecified atom stereocenters. The van der Waals surface area contributed by atoms with E-state index in [4.69, 9.17) is 18.9 Å². The highest BCUT2D eigenvalue weighted by molar-refractivity contribution is 5.13. The Morgan fingerprint density at radius 1 is 1.10 bits per heavy atom. The van der Waals surface area contributed by atoms with Crippen molar-refractivity contribution in [2.24, 2.45) is 0 Å². The molecule has 0 radical (unpaired) electrons. The first-order valence-corrected chi connectivity index (χ1v) is 9.45. The highest BCUT2D eigenvalue weighted by atomic mass is 16.8. The van der Waals surface area contributed by atoms with E-state index < -0.39 is 41.6 Å². The minimum Gasteiger partial charge on any atom is -0.394 e. The number of fused-ring (bicyclic) bond motifs is 1. The molecule has 0 amide bonds. The van der Waals surface area contributed by atoms with Gasteiger partial charge in [0.25, 0.3) is 5.56 Å². The van der Waals surface area contributed by atoms with Crippen LogP contribution >= 0.6 is 0 Å². The van der Waals surface area contributed by atoms with E-state index >= 15 is 0 Å². The number of aliphatic hydroxyl groups excluding tert-OH is 1. The molecule has 2 saturated heterocycles. The maximum atomic E-state index is 13.0. The summed E-state index contributed by atoms with van der Waals surface area (Å²) in [5.41, 5.74) is -0.124. The molecule has 1 aromatic carbocycles. The monoisotopic (exact) mass is 404 g/mol. The van der Waals surface area contributed by atoms with Crippen LogP contribution in [0.25, 0.3) is 0 Å². The van der Waals surface area contributed by atoms with E-state index in [0.29, 0.717) is 0 Å². The van der Waals surface area contributed by atoms with E-state index in [1.165, 1.54) is 16.8 Å². The highest BCUT2D eigenvalue weighted by Gasteiger charge is 2.55. The molecular formula is C20H24N2O7. The third-order valence-electron chi connectivity index (χ3n) is 5.01. The van der Waals surface area contributed by atoms with Crippen molar-refractivity contribution in [2.75, 3.05) is 6.61 Å². The number of hydrogen-bond donors (Lipinski definition) is 1. The molecule has 9 nitrogen and oxygen atoms in total. The largest absolute Gasteiger partial charge is 0.394 e. The molecule has 2 fully saturated rings. The fourth-order valence-electron chi connectivity index (χ4n) is 3.70. The van der Waals surface area contributed by atoms with Gasteiger partial charge in [0.2, 0.25) is 0 Å². The topological polar surface area (TPSA) is 101 Å². The van der Waals surface area contributed by atoms with E-state index in [1.807, 2.05) is 30.3 Å². The Hall–Kier alpha value is -2.30. The standard InChI is InChI=1S/C20H24N2O7/c1-20(2)28-16-14(10-23)27-18(17(16)29-20)21-9-8-15(24)22(19(21)25)12-26-11-13-6-4-3-5-7-13/h3-9,14,16-18,23H,10-12H2,1-2H3. The van der Waals surface area contributed by atoms with Crippen LogP contribution in [0.1, 0.15) is 25.6 Å². The third kappa shape index (κ3) is 3.92. The second kappa shape index (κ2) is 7.85. The van der Waals surface area contributed by atoms with Gasteiger partial charge in [0.1, 0.15) is 25.0 Å². The Morgan fingerprint density at radius 3 is 2.55 bits per heavy atom. The van der Waals surface area contributed by atoms with Crippen molar-refractivity contribution in [1.29, 1.82) is 0 Å². The van der Waals surface area contributed by atoms with E-state index in [1.54, 1.807) is 13.8 Å². The van der Waals surface area contributed by atoms with Gasteiger partial charge < -0.3 is 24.1 Å². The Bertz CT molecular complexity index is 969. The molecule has 1 aromatic heterocycles. The summed E-state index contributed by atoms with van der Waals surface area (Å²) in [6.07, 6.45) is -1.19. The molecule has 0 spiro atoms. The van der Waals surface area contributed by atoms with Gasteiger partial charge in [-0.05, 0) is 19.4 Å². The minimum atomic E-state index is -0.859. The SMILES string of the molecule is CC1(C)OC2C(CO)OC(n3ccc(=O)n(COCc4ccccc4)c3=O)C2O1. The lowest BCUT2D eigenvalue weighted by Gasteiger charge is -2.24. The van der Waals surface area contributed by atoms with Crippen LogP contribution in [0, 0.1) is 0 Å². The Balaban J connectivity index is 1.56. The van der Waals surface area contributed by atoms with E-state index in [-0.39, 0.29) is 19.9 Å². The molecule has 9 heteroatoms. The predicted molar refractivity (Wildman–Crippen MR) is 101 cm³/mol. The van der Waals surface area contributed by atoms with Gasteiger partial charge in [0, 0.05) is 12.3 Å². The summed E-state index contributed by atoms with van der Waals surface area (Å²) in [6, 6.07) is 10.7. The van der Waals surface area contributed by atoms with Crippen molar-refractivity contribution < 1.29 is 24.1 Å². The molecule has 0 aliphatic carbocycles. The predicted octanol–water partition coefficient (Wildman–Crippen LogP) is 0.594. The van der Waals surface area contributed by atoms with Crippen LogP contribution in [0.15, 0.2) is 52.2 Å². The highest BCUT2D eigenvalue weighted by Crippen LogP contribution is 2.42. The van der Waals surface area contributed by atoms with Crippen molar-refractivity contribution in [3.05, 3.63) is 69.0 Å². The summed E-state index contributed by atoms with van der Waals surface area (Å²) < 4.78 is 25.4. The maximum absolute atomic E-state index is 13.0. The maximum Gasteiger partial charge on any atom is 0.335 e. The number of hydrogen-bond acceptors (Lipinski definition) is 7. The average molecular weight is 404 g/mol. The molecule has 2 aliphatic rings. The van der Waals surface area contributed by atoms with E-state index in [9.17, 15) is 14.7 Å². The average Bonchev–Trinajstić information content (AvgIpc) is 3.18. The van der Waals surface area contributed by atoms with Gasteiger partial charge >= 0.3 is 5.69 Å². The first-order chi connectivity index (χ1) is 13.9. The molecule has 2 aromatic rings. The second-order valence-electron chi connectivity index (χ2n) is 7.55. The van der Waals surface area contributed by atoms with Crippen molar-refractivity contribution in [3.63, 3.8) is 0 Å². The summed E-state index contributed by atoms with van der Waals surface area (Å²) in [7, 11) is 0. The number of aromatic nitrogens is 2. The third-order valence-corrected chi connectivity index (χ3v) is 5.01. The molecule has 0 bridgehead atoms. The number of aliphatic hydroxyl groups is 1. The number of nitrogens with zero attached hydrogens (tertiary/aromatic N) is 2. The van der Waals surface area contributed by atoms with Crippen molar-refractivity contribution >= 4 is 0 Å². The normalized spacial score (nSPS) is 27.8. The van der Waals surface area contributed by atoms with Gasteiger partial charge in [-0.2, -0.15) is 0 Å². The summed E-state index contributed by atoms with van der Waals surface area (Å²) in [6.45, 7) is 3.33. The molecule has 1 N–H and O–H groups in total. The Morgan fingerprint density at radius 2 is 1.83 bits per heavy atom. The van der Waals surface area contributed by atoms with Gasteiger partial charge in [-0.1, -0.05) is 30.3 Å². The molecule has 4 atom stereocenters. The van der Waals surface area contributed by atoms with Crippen LogP contribution in [-0.4, -0.2) is 44.9 Å². The molecule has 29 heavy (non-hydrogen) atoms. The lowest BCUT2D eigenvalue weighted by molar-refractivity contribution is -0.200. The second-order valence-corrected chi connectivity index (χ2v) is 7.55. The van der Waals surface area contributed by atoms with Crippen LogP contribution in [0.3, 0.4) is 0 Å². The molecule has 0 saturated carbocycles. The van der Waals surface area contributed by atoms with Crippen LogP contribution < -0.4 is 11.2 Å². The van der Waals surface area contributed by atoms with Crippen LogP contribution in [0.2, 0.25) is 0 Å². The zero-order chi connectivity index (χ0) is 20.6. The first kappa shape index (κ1) is 20.0. The summed E-state index contributed by atoms with van der Waals surface area (Å²) in [5.74, 6) is -0.859. The first-order valence-electron chi connectivity index (χ1n) is 9.45. The summed E-state index contributed by atoms with van der Waals surface area (Å²) >= 11 is 0. The molecule has 2 aliphatic heterocycles. The number of rotatable bonds is 6. The fourth-order valence-corrected chi connectivity index (χ4v) is 3.70. The van der Waals surface area contributed by atoms with Crippen LogP contribution in [0.4, 0.5) is 0 Å². The summed E-state index contributed by atoms with van der Waals surface area (Å²) in [4.78, 5) is 25.2. The van der Waals surface area contributed by atoms with E-state index in [0.717, 1.165) is 10.1 Å². The Kier molecular flexibility index (Phi) is 5.41. The quantitative estimate of drug-likeness (QED) is 0.752. The molecule has 156 valence electrons. The lowest BCUT2D eigenvalue weighted by Crippen LogP contribution is -2.43. The van der Waals surface area contributed by atoms with Gasteiger partial charge in [0.05, 0.1) is 13.2 Å². The van der Waals surface area contributed by atoms with E-state index in [2.05, 4.69) is 0 Å². The smallest absolute Gasteiger partial charge is 0.335 e. The Labute approximate surface area is 167 Å². The van der Waals surface area contributed by atoms with Crippen LogP contribution in [-0.2, 0) is 32.3 Å². The number of benzene rings is 1. The minimum absolute atomic E-state index is 0.194. The number of ether oxygens (including phenoxy) is 4. The van der Waals surface area contributed by atoms with Crippen molar-refractivity contribution in [2.45, 2.75) is 57.5 Å².